The zero-order valence-electron chi connectivity index (χ0n) is 14.7. The van der Waals surface area contributed by atoms with Gasteiger partial charge in [-0.05, 0) is 22.4 Å². The van der Waals surface area contributed by atoms with Crippen LogP contribution in [0.5, 0.6) is 17.2 Å². The van der Waals surface area contributed by atoms with Crippen LogP contribution in [0.4, 0.5) is 0 Å². The van der Waals surface area contributed by atoms with E-state index in [-0.39, 0.29) is 18.6 Å². The molecule has 0 radical (unpaired) electrons. The molecule has 26 heavy (non-hydrogen) atoms. The number of fused-ring (bicyclic) bond motifs is 3. The Labute approximate surface area is 151 Å². The standard InChI is InChI=1S/C22H20O4/c1-13-21(16-9-5-7-14-6-3-4-8-15(14)16)17-10-19-20(25-12-24-19)11-18(17)26-22(13,2)23/h3-11,13,21,23H,12H2,1-2H3/t13-,21-,22+/m1/s1. The van der Waals surface area contributed by atoms with Gasteiger partial charge in [0, 0.05) is 30.4 Å². The zero-order valence-corrected chi connectivity index (χ0v) is 14.7. The molecule has 0 fully saturated rings. The molecular weight excluding hydrogens is 328 g/mol. The lowest BCUT2D eigenvalue weighted by Gasteiger charge is -2.42. The molecule has 4 heteroatoms. The fourth-order valence-electron chi connectivity index (χ4n) is 4.12. The largest absolute Gasteiger partial charge is 0.462 e. The van der Waals surface area contributed by atoms with Gasteiger partial charge >= 0.3 is 0 Å². The predicted octanol–water partition coefficient (Wildman–Crippen LogP) is 4.44. The van der Waals surface area contributed by atoms with Gasteiger partial charge < -0.3 is 19.3 Å². The molecule has 0 aliphatic carbocycles. The first-order valence-corrected chi connectivity index (χ1v) is 8.87. The third-order valence-electron chi connectivity index (χ3n) is 5.66. The molecule has 0 bridgehead atoms. The lowest BCUT2D eigenvalue weighted by molar-refractivity contribution is -0.171. The summed E-state index contributed by atoms with van der Waals surface area (Å²) in [6.45, 7) is 3.96. The van der Waals surface area contributed by atoms with Gasteiger partial charge in [0.2, 0.25) is 12.6 Å². The van der Waals surface area contributed by atoms with Crippen molar-refractivity contribution in [3.8, 4) is 17.2 Å². The van der Waals surface area contributed by atoms with Crippen LogP contribution in [0.2, 0.25) is 0 Å². The van der Waals surface area contributed by atoms with E-state index in [2.05, 4.69) is 36.4 Å². The maximum Gasteiger partial charge on any atom is 0.231 e. The first-order chi connectivity index (χ1) is 12.5. The summed E-state index contributed by atoms with van der Waals surface area (Å²) in [6.07, 6.45) is 0. The molecule has 4 nitrogen and oxygen atoms in total. The Hall–Kier alpha value is -2.72. The maximum absolute atomic E-state index is 10.9. The minimum Gasteiger partial charge on any atom is -0.462 e. The topological polar surface area (TPSA) is 47.9 Å². The predicted molar refractivity (Wildman–Crippen MR) is 98.8 cm³/mol. The smallest absolute Gasteiger partial charge is 0.231 e. The summed E-state index contributed by atoms with van der Waals surface area (Å²) >= 11 is 0. The van der Waals surface area contributed by atoms with E-state index in [1.54, 1.807) is 6.92 Å². The van der Waals surface area contributed by atoms with Crippen LogP contribution >= 0.6 is 0 Å². The number of benzene rings is 3. The van der Waals surface area contributed by atoms with Crippen LogP contribution in [0, 0.1) is 5.92 Å². The van der Waals surface area contributed by atoms with E-state index in [0.717, 1.165) is 11.3 Å². The van der Waals surface area contributed by atoms with Gasteiger partial charge in [-0.15, -0.1) is 0 Å². The minimum atomic E-state index is -1.28. The van der Waals surface area contributed by atoms with Crippen molar-refractivity contribution in [2.24, 2.45) is 5.92 Å². The third-order valence-corrected chi connectivity index (χ3v) is 5.66. The first kappa shape index (κ1) is 15.5. The lowest BCUT2D eigenvalue weighted by atomic mass is 9.74. The number of ether oxygens (including phenoxy) is 3. The van der Waals surface area contributed by atoms with Crippen LogP contribution < -0.4 is 14.2 Å². The van der Waals surface area contributed by atoms with Crippen molar-refractivity contribution in [1.29, 1.82) is 0 Å². The summed E-state index contributed by atoms with van der Waals surface area (Å²) in [5.74, 6) is 0.602. The monoisotopic (exact) mass is 348 g/mol. The van der Waals surface area contributed by atoms with Crippen LogP contribution in [0.15, 0.2) is 54.6 Å². The van der Waals surface area contributed by atoms with E-state index in [9.17, 15) is 5.11 Å². The molecule has 0 spiro atoms. The van der Waals surface area contributed by atoms with Crippen molar-refractivity contribution in [2.75, 3.05) is 6.79 Å². The Morgan fingerprint density at radius 3 is 2.50 bits per heavy atom. The maximum atomic E-state index is 10.9. The first-order valence-electron chi connectivity index (χ1n) is 8.87. The number of rotatable bonds is 1. The molecule has 2 heterocycles. The zero-order chi connectivity index (χ0) is 17.9. The van der Waals surface area contributed by atoms with Crippen LogP contribution in [-0.4, -0.2) is 17.7 Å². The SMILES string of the molecule is C[C@@H]1[C@H](c2cccc3ccccc23)c2cc3c(cc2O[C@]1(C)O)OCO3. The van der Waals surface area contributed by atoms with E-state index in [4.69, 9.17) is 14.2 Å². The van der Waals surface area contributed by atoms with Gasteiger partial charge in [-0.3, -0.25) is 0 Å². The fourth-order valence-corrected chi connectivity index (χ4v) is 4.12. The molecule has 5 rings (SSSR count). The highest BCUT2D eigenvalue weighted by Gasteiger charge is 2.45. The highest BCUT2D eigenvalue weighted by atomic mass is 16.7. The van der Waals surface area contributed by atoms with Crippen molar-refractivity contribution in [1.82, 2.24) is 0 Å². The molecule has 2 aliphatic rings. The summed E-state index contributed by atoms with van der Waals surface area (Å²) < 4.78 is 17.0. The molecule has 132 valence electrons. The molecule has 3 atom stereocenters. The van der Waals surface area contributed by atoms with Gasteiger partial charge in [0.15, 0.2) is 11.5 Å². The van der Waals surface area contributed by atoms with Crippen LogP contribution in [-0.2, 0) is 0 Å². The Bertz CT molecular complexity index is 1000. The van der Waals surface area contributed by atoms with Crippen molar-refractivity contribution in [3.63, 3.8) is 0 Å². The summed E-state index contributed by atoms with van der Waals surface area (Å²) in [5, 5.41) is 13.3. The van der Waals surface area contributed by atoms with Crippen molar-refractivity contribution in [3.05, 3.63) is 65.7 Å². The van der Waals surface area contributed by atoms with E-state index in [1.165, 1.54) is 16.3 Å². The second-order valence-electron chi connectivity index (χ2n) is 7.23. The second kappa shape index (κ2) is 5.39. The fraction of sp³-hybridized carbons (Fsp3) is 0.273. The van der Waals surface area contributed by atoms with Gasteiger partial charge in [-0.1, -0.05) is 49.4 Å². The summed E-state index contributed by atoms with van der Waals surface area (Å²) in [7, 11) is 0. The Morgan fingerprint density at radius 1 is 0.923 bits per heavy atom. The van der Waals surface area contributed by atoms with Crippen LogP contribution in [0.25, 0.3) is 10.8 Å². The summed E-state index contributed by atoms with van der Waals surface area (Å²) in [6, 6.07) is 18.5. The normalized spacial score (nSPS) is 26.4. The van der Waals surface area contributed by atoms with Gasteiger partial charge in [-0.25, -0.2) is 0 Å². The van der Waals surface area contributed by atoms with E-state index in [1.807, 2.05) is 25.1 Å². The van der Waals surface area contributed by atoms with Crippen molar-refractivity contribution < 1.29 is 19.3 Å². The molecule has 0 saturated heterocycles. The summed E-state index contributed by atoms with van der Waals surface area (Å²) in [5.41, 5.74) is 2.20. The molecule has 2 aliphatic heterocycles. The molecule has 3 aromatic rings. The quantitative estimate of drug-likeness (QED) is 0.706. The second-order valence-corrected chi connectivity index (χ2v) is 7.23. The third kappa shape index (κ3) is 2.19. The highest BCUT2D eigenvalue weighted by Crippen LogP contribution is 2.52. The molecule has 0 unspecified atom stereocenters. The average Bonchev–Trinajstić information content (AvgIpc) is 3.08. The molecule has 1 N–H and O–H groups in total. The van der Waals surface area contributed by atoms with Gasteiger partial charge in [0.1, 0.15) is 5.75 Å². The van der Waals surface area contributed by atoms with Gasteiger partial charge in [0.25, 0.3) is 0 Å². The summed E-state index contributed by atoms with van der Waals surface area (Å²) in [4.78, 5) is 0. The number of aliphatic hydroxyl groups is 1. The van der Waals surface area contributed by atoms with E-state index >= 15 is 0 Å². The van der Waals surface area contributed by atoms with Crippen LogP contribution in [0.3, 0.4) is 0 Å². The average molecular weight is 348 g/mol. The van der Waals surface area contributed by atoms with Crippen molar-refractivity contribution >= 4 is 10.8 Å². The Kier molecular flexibility index (Phi) is 3.22. The minimum absolute atomic E-state index is 0.0191. The number of hydrogen-bond donors (Lipinski definition) is 1. The van der Waals surface area contributed by atoms with Gasteiger partial charge in [-0.2, -0.15) is 0 Å². The van der Waals surface area contributed by atoms with E-state index in [0.29, 0.717) is 11.5 Å². The molecular formula is C22H20O4. The molecule has 0 amide bonds. The lowest BCUT2D eigenvalue weighted by Crippen LogP contribution is -2.45. The number of hydrogen-bond acceptors (Lipinski definition) is 4. The van der Waals surface area contributed by atoms with E-state index < -0.39 is 5.79 Å². The molecule has 3 aromatic carbocycles. The Morgan fingerprint density at radius 2 is 1.65 bits per heavy atom. The van der Waals surface area contributed by atoms with Crippen molar-refractivity contribution in [2.45, 2.75) is 25.6 Å². The molecule has 0 aromatic heterocycles. The van der Waals surface area contributed by atoms with Crippen LogP contribution in [0.1, 0.15) is 30.9 Å². The Balaban J connectivity index is 1.78. The molecule has 0 saturated carbocycles. The highest BCUT2D eigenvalue weighted by molar-refractivity contribution is 5.87. The van der Waals surface area contributed by atoms with Gasteiger partial charge in [0.05, 0.1) is 0 Å².